The molecule has 1 atom stereocenters. The van der Waals surface area contributed by atoms with Gasteiger partial charge in [-0.1, -0.05) is 13.8 Å². The molecule has 3 rings (SSSR count). The number of ether oxygens (including phenoxy) is 2. The number of morpholine rings is 1. The third-order valence-electron chi connectivity index (χ3n) is 4.66. The molecular weight excluding hydrogens is 364 g/mol. The van der Waals surface area contributed by atoms with Crippen LogP contribution in [0.5, 0.6) is 0 Å². The minimum Gasteiger partial charge on any atom is -0.467 e. The molecular formula is C18H26N6O4. The lowest BCUT2D eigenvalue weighted by Crippen LogP contribution is -2.45. The summed E-state index contributed by atoms with van der Waals surface area (Å²) in [5.41, 5.74) is 0.627. The molecule has 1 aliphatic rings. The van der Waals surface area contributed by atoms with Crippen molar-refractivity contribution in [2.75, 3.05) is 38.3 Å². The van der Waals surface area contributed by atoms with Gasteiger partial charge in [-0.3, -0.25) is 4.79 Å². The van der Waals surface area contributed by atoms with Crippen molar-refractivity contribution < 1.29 is 19.1 Å². The van der Waals surface area contributed by atoms with Crippen LogP contribution in [0.4, 0.5) is 5.82 Å². The Labute approximate surface area is 163 Å². The monoisotopic (exact) mass is 390 g/mol. The number of aromatic nitrogens is 4. The van der Waals surface area contributed by atoms with E-state index in [1.54, 1.807) is 4.52 Å². The van der Waals surface area contributed by atoms with Gasteiger partial charge in [0.1, 0.15) is 11.9 Å². The van der Waals surface area contributed by atoms with Crippen molar-refractivity contribution in [3.63, 3.8) is 0 Å². The van der Waals surface area contributed by atoms with Gasteiger partial charge < -0.3 is 19.7 Å². The van der Waals surface area contributed by atoms with Gasteiger partial charge in [-0.2, -0.15) is 4.52 Å². The zero-order valence-corrected chi connectivity index (χ0v) is 16.4. The van der Waals surface area contributed by atoms with E-state index in [2.05, 4.69) is 25.5 Å². The van der Waals surface area contributed by atoms with Crippen molar-refractivity contribution in [1.29, 1.82) is 0 Å². The molecule has 1 N–H and O–H groups in total. The molecule has 10 heteroatoms. The van der Waals surface area contributed by atoms with E-state index in [1.807, 2.05) is 26.0 Å². The van der Waals surface area contributed by atoms with Crippen LogP contribution < -0.4 is 10.2 Å². The Kier molecular flexibility index (Phi) is 6.40. The number of nitrogens with one attached hydrogen (secondary N) is 1. The smallest absolute Gasteiger partial charge is 0.328 e. The standard InChI is InChI=1S/C18H26N6O4/c1-12(2)17(18(26)27-3)19-16(25)7-6-14-21-20-13-4-5-15(22-24(13)14)23-8-10-28-11-9-23/h4-5,12,17H,6-11H2,1-3H3,(H,19,25). The number of carbonyl (C=O) groups excluding carboxylic acids is 2. The molecule has 0 radical (unpaired) electrons. The summed E-state index contributed by atoms with van der Waals surface area (Å²) in [6.07, 6.45) is 0.531. The zero-order valence-electron chi connectivity index (χ0n) is 16.4. The fraction of sp³-hybridized carbons (Fsp3) is 0.611. The summed E-state index contributed by atoms with van der Waals surface area (Å²) in [4.78, 5) is 26.2. The summed E-state index contributed by atoms with van der Waals surface area (Å²) in [5.74, 6) is 0.660. The molecule has 0 spiro atoms. The van der Waals surface area contributed by atoms with Gasteiger partial charge >= 0.3 is 5.97 Å². The van der Waals surface area contributed by atoms with Gasteiger partial charge in [-0.25, -0.2) is 4.79 Å². The molecule has 0 aromatic carbocycles. The molecule has 10 nitrogen and oxygen atoms in total. The Morgan fingerprint density at radius 1 is 1.25 bits per heavy atom. The van der Waals surface area contributed by atoms with Crippen molar-refractivity contribution in [1.82, 2.24) is 25.1 Å². The molecule has 2 aromatic rings. The normalized spacial score (nSPS) is 15.6. The van der Waals surface area contributed by atoms with Gasteiger partial charge in [0, 0.05) is 25.9 Å². The molecule has 0 bridgehead atoms. The van der Waals surface area contributed by atoms with E-state index >= 15 is 0 Å². The molecule has 2 aromatic heterocycles. The molecule has 28 heavy (non-hydrogen) atoms. The number of fused-ring (bicyclic) bond motifs is 1. The summed E-state index contributed by atoms with van der Waals surface area (Å²) in [6, 6.07) is 3.11. The third-order valence-corrected chi connectivity index (χ3v) is 4.66. The number of aryl methyl sites for hydroxylation is 1. The van der Waals surface area contributed by atoms with Crippen LogP contribution >= 0.6 is 0 Å². The highest BCUT2D eigenvalue weighted by atomic mass is 16.5. The van der Waals surface area contributed by atoms with Gasteiger partial charge in [-0.05, 0) is 18.1 Å². The predicted molar refractivity (Wildman–Crippen MR) is 101 cm³/mol. The average Bonchev–Trinajstić information content (AvgIpc) is 3.12. The van der Waals surface area contributed by atoms with Crippen LogP contribution in [0.25, 0.3) is 5.65 Å². The number of hydrogen-bond donors (Lipinski definition) is 1. The second-order valence-electron chi connectivity index (χ2n) is 6.99. The van der Waals surface area contributed by atoms with Crippen LogP contribution in [-0.4, -0.2) is 71.1 Å². The average molecular weight is 390 g/mol. The highest BCUT2D eigenvalue weighted by Gasteiger charge is 2.25. The first-order chi connectivity index (χ1) is 13.5. The Balaban J connectivity index is 1.66. The Morgan fingerprint density at radius 2 is 2.00 bits per heavy atom. The van der Waals surface area contributed by atoms with E-state index in [0.717, 1.165) is 18.9 Å². The molecule has 0 saturated carbocycles. The Hall–Kier alpha value is -2.75. The van der Waals surface area contributed by atoms with Crippen LogP contribution in [-0.2, 0) is 25.5 Å². The Bertz CT molecular complexity index is 831. The number of anilines is 1. The maximum atomic E-state index is 12.3. The van der Waals surface area contributed by atoms with Crippen LogP contribution in [0.2, 0.25) is 0 Å². The highest BCUT2D eigenvalue weighted by molar-refractivity contribution is 5.84. The highest BCUT2D eigenvalue weighted by Crippen LogP contribution is 2.14. The topological polar surface area (TPSA) is 111 Å². The quantitative estimate of drug-likeness (QED) is 0.668. The summed E-state index contributed by atoms with van der Waals surface area (Å²) in [7, 11) is 1.31. The van der Waals surface area contributed by atoms with Crippen molar-refractivity contribution in [2.24, 2.45) is 5.92 Å². The molecule has 0 aliphatic carbocycles. The largest absolute Gasteiger partial charge is 0.467 e. The van der Waals surface area contributed by atoms with E-state index in [0.29, 0.717) is 31.1 Å². The first-order valence-corrected chi connectivity index (χ1v) is 9.41. The molecule has 1 amide bonds. The minimum atomic E-state index is -0.668. The number of rotatable bonds is 7. The van der Waals surface area contributed by atoms with Gasteiger partial charge in [0.2, 0.25) is 5.91 Å². The van der Waals surface area contributed by atoms with Gasteiger partial charge in [0.05, 0.1) is 20.3 Å². The first-order valence-electron chi connectivity index (χ1n) is 9.41. The van der Waals surface area contributed by atoms with Gasteiger partial charge in [0.25, 0.3) is 0 Å². The zero-order chi connectivity index (χ0) is 20.1. The maximum absolute atomic E-state index is 12.3. The number of esters is 1. The molecule has 1 aliphatic heterocycles. The van der Waals surface area contributed by atoms with Crippen LogP contribution in [0, 0.1) is 5.92 Å². The second-order valence-corrected chi connectivity index (χ2v) is 6.99. The van der Waals surface area contributed by atoms with Crippen molar-refractivity contribution in [3.05, 3.63) is 18.0 Å². The summed E-state index contributed by atoms with van der Waals surface area (Å²) in [6.45, 7) is 6.61. The van der Waals surface area contributed by atoms with E-state index in [1.165, 1.54) is 7.11 Å². The lowest BCUT2D eigenvalue weighted by molar-refractivity contribution is -0.146. The molecule has 1 saturated heterocycles. The van der Waals surface area contributed by atoms with E-state index in [9.17, 15) is 9.59 Å². The lowest BCUT2D eigenvalue weighted by Gasteiger charge is -2.27. The predicted octanol–water partition coefficient (Wildman–Crippen LogP) is 0.207. The maximum Gasteiger partial charge on any atom is 0.328 e. The molecule has 1 unspecified atom stereocenters. The summed E-state index contributed by atoms with van der Waals surface area (Å²) < 4.78 is 11.8. The van der Waals surface area contributed by atoms with Crippen LogP contribution in [0.1, 0.15) is 26.1 Å². The third kappa shape index (κ3) is 4.56. The number of carbonyl (C=O) groups is 2. The molecule has 152 valence electrons. The number of nitrogens with zero attached hydrogens (tertiary/aromatic N) is 5. The van der Waals surface area contributed by atoms with E-state index in [4.69, 9.17) is 9.47 Å². The first kappa shape index (κ1) is 20.0. The summed E-state index contributed by atoms with van der Waals surface area (Å²) in [5, 5.41) is 15.6. The second kappa shape index (κ2) is 8.96. The van der Waals surface area contributed by atoms with Crippen molar-refractivity contribution >= 4 is 23.3 Å². The fourth-order valence-electron chi connectivity index (χ4n) is 3.04. The molecule has 3 heterocycles. The van der Waals surface area contributed by atoms with E-state index in [-0.39, 0.29) is 18.2 Å². The van der Waals surface area contributed by atoms with Gasteiger partial charge in [0.15, 0.2) is 11.5 Å². The van der Waals surface area contributed by atoms with Crippen molar-refractivity contribution in [2.45, 2.75) is 32.7 Å². The van der Waals surface area contributed by atoms with Crippen LogP contribution in [0.3, 0.4) is 0 Å². The fourth-order valence-corrected chi connectivity index (χ4v) is 3.04. The lowest BCUT2D eigenvalue weighted by atomic mass is 10.0. The SMILES string of the molecule is COC(=O)C(NC(=O)CCc1nnc2ccc(N3CCOCC3)nn12)C(C)C. The minimum absolute atomic E-state index is 0.0666. The molecule has 1 fully saturated rings. The number of methoxy groups -OCH3 is 1. The number of hydrogen-bond acceptors (Lipinski definition) is 8. The van der Waals surface area contributed by atoms with Crippen LogP contribution in [0.15, 0.2) is 12.1 Å². The number of amides is 1. The Morgan fingerprint density at radius 3 is 2.68 bits per heavy atom. The van der Waals surface area contributed by atoms with Crippen molar-refractivity contribution in [3.8, 4) is 0 Å². The van der Waals surface area contributed by atoms with Gasteiger partial charge in [-0.15, -0.1) is 15.3 Å². The summed E-state index contributed by atoms with van der Waals surface area (Å²) >= 11 is 0. The van der Waals surface area contributed by atoms with E-state index < -0.39 is 12.0 Å².